The molecule has 1 N–H and O–H groups in total. The molecule has 3 heteroatoms. The summed E-state index contributed by atoms with van der Waals surface area (Å²) >= 11 is 1.85. The molecule has 0 atom stereocenters. The van der Waals surface area contributed by atoms with E-state index in [4.69, 9.17) is 0 Å². The summed E-state index contributed by atoms with van der Waals surface area (Å²) in [7, 11) is 0. The molecule has 0 aliphatic carbocycles. The van der Waals surface area contributed by atoms with E-state index < -0.39 is 0 Å². The smallest absolute Gasteiger partial charge is 0.0329 e. The third-order valence-corrected chi connectivity index (χ3v) is 3.47. The molecule has 78 valence electrons. The van der Waals surface area contributed by atoms with Crippen molar-refractivity contribution in [2.24, 2.45) is 0 Å². The fourth-order valence-electron chi connectivity index (χ4n) is 2.00. The topological polar surface area (TPSA) is 15.3 Å². The zero-order valence-electron chi connectivity index (χ0n) is 8.92. The van der Waals surface area contributed by atoms with Crippen molar-refractivity contribution in [1.29, 1.82) is 0 Å². The Labute approximate surface area is 89.9 Å². The monoisotopic (exact) mass is 210 g/mol. The Morgan fingerprint density at radius 3 is 3.07 bits per heavy atom. The van der Waals surface area contributed by atoms with Gasteiger partial charge in [-0.25, -0.2) is 0 Å². The first-order chi connectivity index (χ1) is 6.66. The van der Waals surface area contributed by atoms with E-state index in [-0.39, 0.29) is 5.54 Å². The summed E-state index contributed by atoms with van der Waals surface area (Å²) in [6.07, 6.45) is 0. The number of thiophene rings is 1. The van der Waals surface area contributed by atoms with Crippen LogP contribution in [0.2, 0.25) is 0 Å². The van der Waals surface area contributed by atoms with Gasteiger partial charge in [-0.3, -0.25) is 4.90 Å². The highest BCUT2D eigenvalue weighted by Gasteiger charge is 2.25. The van der Waals surface area contributed by atoms with E-state index in [2.05, 4.69) is 41.6 Å². The van der Waals surface area contributed by atoms with E-state index in [0.29, 0.717) is 0 Å². The van der Waals surface area contributed by atoms with E-state index in [1.807, 2.05) is 11.3 Å². The van der Waals surface area contributed by atoms with Crippen molar-refractivity contribution < 1.29 is 0 Å². The molecule has 1 aliphatic heterocycles. The highest BCUT2D eigenvalue weighted by atomic mass is 32.1. The van der Waals surface area contributed by atoms with Crippen LogP contribution in [-0.4, -0.2) is 30.1 Å². The largest absolute Gasteiger partial charge is 0.309 e. The van der Waals surface area contributed by atoms with E-state index in [1.54, 1.807) is 0 Å². The number of nitrogens with zero attached hydrogens (tertiary/aromatic N) is 1. The van der Waals surface area contributed by atoms with Crippen LogP contribution in [0.4, 0.5) is 0 Å². The molecule has 2 rings (SSSR count). The number of nitrogens with one attached hydrogen (secondary N) is 1. The van der Waals surface area contributed by atoms with E-state index in [9.17, 15) is 0 Å². The van der Waals surface area contributed by atoms with E-state index in [0.717, 1.165) is 19.6 Å². The van der Waals surface area contributed by atoms with Crippen molar-refractivity contribution >= 4 is 11.3 Å². The summed E-state index contributed by atoms with van der Waals surface area (Å²) in [4.78, 5) is 4.00. The van der Waals surface area contributed by atoms with Crippen molar-refractivity contribution in [2.45, 2.75) is 25.9 Å². The Kier molecular flexibility index (Phi) is 2.91. The molecule has 1 saturated heterocycles. The maximum Gasteiger partial charge on any atom is 0.0329 e. The minimum absolute atomic E-state index is 0.273. The summed E-state index contributed by atoms with van der Waals surface area (Å²) in [6, 6.07) is 4.35. The first kappa shape index (κ1) is 10.1. The molecule has 0 unspecified atom stereocenters. The second-order valence-electron chi connectivity index (χ2n) is 4.60. The summed E-state index contributed by atoms with van der Waals surface area (Å²) in [5.74, 6) is 0. The molecule has 1 aliphatic rings. The van der Waals surface area contributed by atoms with Crippen LogP contribution in [0.1, 0.15) is 18.7 Å². The maximum atomic E-state index is 3.53. The summed E-state index contributed by atoms with van der Waals surface area (Å²) < 4.78 is 0. The van der Waals surface area contributed by atoms with Gasteiger partial charge in [-0.05, 0) is 25.3 Å². The SMILES string of the molecule is CC1(C)CN(Cc2cccs2)CCN1. The molecule has 0 aromatic carbocycles. The third kappa shape index (κ3) is 2.56. The molecule has 2 nitrogen and oxygen atoms in total. The number of rotatable bonds is 2. The van der Waals surface area contributed by atoms with Crippen molar-refractivity contribution in [3.8, 4) is 0 Å². The van der Waals surface area contributed by atoms with Crippen LogP contribution in [-0.2, 0) is 6.54 Å². The first-order valence-electron chi connectivity index (χ1n) is 5.15. The second kappa shape index (κ2) is 4.01. The minimum atomic E-state index is 0.273. The van der Waals surface area contributed by atoms with Crippen molar-refractivity contribution in [3.63, 3.8) is 0 Å². The van der Waals surface area contributed by atoms with Crippen LogP contribution in [0, 0.1) is 0 Å². The van der Waals surface area contributed by atoms with Gasteiger partial charge in [0.1, 0.15) is 0 Å². The van der Waals surface area contributed by atoms with Crippen LogP contribution in [0.15, 0.2) is 17.5 Å². The van der Waals surface area contributed by atoms with Gasteiger partial charge in [0, 0.05) is 36.6 Å². The fraction of sp³-hybridized carbons (Fsp3) is 0.636. The van der Waals surface area contributed by atoms with Crippen LogP contribution in [0.5, 0.6) is 0 Å². The molecule has 0 bridgehead atoms. The highest BCUT2D eigenvalue weighted by Crippen LogP contribution is 2.16. The lowest BCUT2D eigenvalue weighted by atomic mass is 10.0. The van der Waals surface area contributed by atoms with Gasteiger partial charge in [0.25, 0.3) is 0 Å². The van der Waals surface area contributed by atoms with Gasteiger partial charge in [-0.15, -0.1) is 11.3 Å². The van der Waals surface area contributed by atoms with Gasteiger partial charge in [-0.2, -0.15) is 0 Å². The zero-order chi connectivity index (χ0) is 10.0. The highest BCUT2D eigenvalue weighted by molar-refractivity contribution is 7.09. The number of hydrogen-bond acceptors (Lipinski definition) is 3. The van der Waals surface area contributed by atoms with Crippen molar-refractivity contribution in [1.82, 2.24) is 10.2 Å². The molecule has 1 fully saturated rings. The molecule has 1 aromatic heterocycles. The lowest BCUT2D eigenvalue weighted by Crippen LogP contribution is -2.56. The molecule has 14 heavy (non-hydrogen) atoms. The average Bonchev–Trinajstić information content (AvgIpc) is 2.54. The van der Waals surface area contributed by atoms with Crippen molar-refractivity contribution in [3.05, 3.63) is 22.4 Å². The van der Waals surface area contributed by atoms with Gasteiger partial charge in [0.15, 0.2) is 0 Å². The maximum absolute atomic E-state index is 3.53. The standard InChI is InChI=1S/C11H18N2S/c1-11(2)9-13(6-5-12-11)8-10-4-3-7-14-10/h3-4,7,12H,5-6,8-9H2,1-2H3. The van der Waals surface area contributed by atoms with Crippen LogP contribution >= 0.6 is 11.3 Å². The third-order valence-electron chi connectivity index (χ3n) is 2.61. The Morgan fingerprint density at radius 2 is 2.43 bits per heavy atom. The fourth-order valence-corrected chi connectivity index (χ4v) is 2.75. The van der Waals surface area contributed by atoms with Crippen LogP contribution < -0.4 is 5.32 Å². The Hall–Kier alpha value is -0.380. The Bertz CT molecular complexity index is 279. The molecule has 0 radical (unpaired) electrons. The molecule has 1 aromatic rings. The van der Waals surface area contributed by atoms with E-state index in [1.165, 1.54) is 11.4 Å². The van der Waals surface area contributed by atoms with Crippen LogP contribution in [0.25, 0.3) is 0 Å². The molecule has 0 spiro atoms. The lowest BCUT2D eigenvalue weighted by Gasteiger charge is -2.38. The lowest BCUT2D eigenvalue weighted by molar-refractivity contribution is 0.149. The first-order valence-corrected chi connectivity index (χ1v) is 6.03. The van der Waals surface area contributed by atoms with Gasteiger partial charge in [0.05, 0.1) is 0 Å². The van der Waals surface area contributed by atoms with Gasteiger partial charge < -0.3 is 5.32 Å². The molecular weight excluding hydrogens is 192 g/mol. The Balaban J connectivity index is 1.92. The normalized spacial score (nSPS) is 22.4. The van der Waals surface area contributed by atoms with Crippen LogP contribution in [0.3, 0.4) is 0 Å². The van der Waals surface area contributed by atoms with E-state index >= 15 is 0 Å². The number of hydrogen-bond donors (Lipinski definition) is 1. The molecular formula is C11H18N2S. The summed E-state index contributed by atoms with van der Waals surface area (Å²) in [5, 5.41) is 5.69. The van der Waals surface area contributed by atoms with Gasteiger partial charge in [-0.1, -0.05) is 6.07 Å². The number of piperazine rings is 1. The molecule has 0 amide bonds. The molecule has 0 saturated carbocycles. The average molecular weight is 210 g/mol. The summed E-state index contributed by atoms with van der Waals surface area (Å²) in [6.45, 7) is 9.08. The predicted molar refractivity (Wildman–Crippen MR) is 61.7 cm³/mol. The van der Waals surface area contributed by atoms with Crippen molar-refractivity contribution in [2.75, 3.05) is 19.6 Å². The predicted octanol–water partition coefficient (Wildman–Crippen LogP) is 1.93. The van der Waals surface area contributed by atoms with Gasteiger partial charge >= 0.3 is 0 Å². The molecule has 2 heterocycles. The quantitative estimate of drug-likeness (QED) is 0.802. The minimum Gasteiger partial charge on any atom is -0.309 e. The Morgan fingerprint density at radius 1 is 1.57 bits per heavy atom. The zero-order valence-corrected chi connectivity index (χ0v) is 9.73. The second-order valence-corrected chi connectivity index (χ2v) is 5.63. The summed E-state index contributed by atoms with van der Waals surface area (Å²) in [5.41, 5.74) is 0.273. The van der Waals surface area contributed by atoms with Gasteiger partial charge in [0.2, 0.25) is 0 Å².